The van der Waals surface area contributed by atoms with E-state index >= 15 is 0 Å². The van der Waals surface area contributed by atoms with Gasteiger partial charge in [0.1, 0.15) is 5.54 Å². The molecule has 2 unspecified atom stereocenters. The molecule has 1 aromatic carbocycles. The average Bonchev–Trinajstić information content (AvgIpc) is 3.02. The molecule has 1 aliphatic carbocycles. The highest BCUT2D eigenvalue weighted by molar-refractivity contribution is 5.40. The first-order valence-corrected chi connectivity index (χ1v) is 6.17. The van der Waals surface area contributed by atoms with E-state index in [-0.39, 0.29) is 5.92 Å². The molecule has 19 heavy (non-hydrogen) atoms. The standard InChI is InChI=1S/C16H13N3/c17-12-15-8-4-5-9-16(15,19-11-10-18-13-19)14-6-2-1-3-7-14/h1-11,13,15H. The van der Waals surface area contributed by atoms with E-state index in [0.717, 1.165) is 5.56 Å². The molecule has 0 amide bonds. The Balaban J connectivity index is 2.26. The van der Waals surface area contributed by atoms with Crippen molar-refractivity contribution in [2.75, 3.05) is 0 Å². The number of benzene rings is 1. The number of imidazole rings is 1. The molecule has 0 bridgehead atoms. The van der Waals surface area contributed by atoms with Gasteiger partial charge in [0.2, 0.25) is 0 Å². The Morgan fingerprint density at radius 1 is 1.21 bits per heavy atom. The van der Waals surface area contributed by atoms with Gasteiger partial charge in [-0.25, -0.2) is 4.98 Å². The molecule has 0 saturated carbocycles. The zero-order valence-electron chi connectivity index (χ0n) is 10.3. The summed E-state index contributed by atoms with van der Waals surface area (Å²) in [6, 6.07) is 12.5. The summed E-state index contributed by atoms with van der Waals surface area (Å²) in [6.45, 7) is 0. The maximum atomic E-state index is 9.52. The number of nitriles is 1. The van der Waals surface area contributed by atoms with Gasteiger partial charge in [-0.1, -0.05) is 54.6 Å². The third kappa shape index (κ3) is 1.69. The van der Waals surface area contributed by atoms with Crippen molar-refractivity contribution in [2.24, 2.45) is 5.92 Å². The van der Waals surface area contributed by atoms with Crippen LogP contribution in [0.5, 0.6) is 0 Å². The van der Waals surface area contributed by atoms with Crippen LogP contribution in [0.25, 0.3) is 0 Å². The monoisotopic (exact) mass is 247 g/mol. The molecule has 0 spiro atoms. The summed E-state index contributed by atoms with van der Waals surface area (Å²) < 4.78 is 2.00. The fourth-order valence-corrected chi connectivity index (χ4v) is 2.62. The first-order chi connectivity index (χ1) is 9.38. The molecule has 92 valence electrons. The third-order valence-electron chi connectivity index (χ3n) is 3.55. The number of aromatic nitrogens is 2. The Hall–Kier alpha value is -2.60. The Labute approximate surface area is 112 Å². The summed E-state index contributed by atoms with van der Waals surface area (Å²) >= 11 is 0. The zero-order valence-corrected chi connectivity index (χ0v) is 10.3. The topological polar surface area (TPSA) is 41.6 Å². The van der Waals surface area contributed by atoms with Gasteiger partial charge in [-0.3, -0.25) is 0 Å². The van der Waals surface area contributed by atoms with E-state index < -0.39 is 5.54 Å². The summed E-state index contributed by atoms with van der Waals surface area (Å²) in [5.74, 6) is -0.255. The summed E-state index contributed by atoms with van der Waals surface area (Å²) in [6.07, 6.45) is 13.3. The fourth-order valence-electron chi connectivity index (χ4n) is 2.62. The molecule has 2 atom stereocenters. The van der Waals surface area contributed by atoms with Crippen molar-refractivity contribution in [1.29, 1.82) is 5.26 Å². The van der Waals surface area contributed by atoms with Crippen molar-refractivity contribution < 1.29 is 0 Å². The number of nitrogens with zero attached hydrogens (tertiary/aromatic N) is 3. The van der Waals surface area contributed by atoms with Gasteiger partial charge in [0, 0.05) is 12.4 Å². The average molecular weight is 247 g/mol. The smallest absolute Gasteiger partial charge is 0.109 e. The maximum Gasteiger partial charge on any atom is 0.109 e. The van der Waals surface area contributed by atoms with Crippen molar-refractivity contribution >= 4 is 0 Å². The molecule has 0 aliphatic heterocycles. The molecule has 1 heterocycles. The molecule has 0 N–H and O–H groups in total. The SMILES string of the molecule is N#CC1C=CC=CC1(c1ccccc1)n1ccnc1. The maximum absolute atomic E-state index is 9.52. The first kappa shape index (κ1) is 11.5. The predicted molar refractivity (Wildman–Crippen MR) is 73.1 cm³/mol. The molecular weight excluding hydrogens is 234 g/mol. The van der Waals surface area contributed by atoms with Crippen LogP contribution in [0.3, 0.4) is 0 Å². The van der Waals surface area contributed by atoms with Gasteiger partial charge >= 0.3 is 0 Å². The van der Waals surface area contributed by atoms with Gasteiger partial charge in [-0.05, 0) is 5.56 Å². The third-order valence-corrected chi connectivity index (χ3v) is 3.55. The Morgan fingerprint density at radius 2 is 2.05 bits per heavy atom. The lowest BCUT2D eigenvalue weighted by Gasteiger charge is -2.37. The lowest BCUT2D eigenvalue weighted by Crippen LogP contribution is -2.39. The lowest BCUT2D eigenvalue weighted by molar-refractivity contribution is 0.385. The summed E-state index contributed by atoms with van der Waals surface area (Å²) in [7, 11) is 0. The molecule has 3 nitrogen and oxygen atoms in total. The van der Waals surface area contributed by atoms with E-state index in [1.807, 2.05) is 59.3 Å². The van der Waals surface area contributed by atoms with Gasteiger partial charge in [-0.15, -0.1) is 0 Å². The highest BCUT2D eigenvalue weighted by Crippen LogP contribution is 2.38. The number of hydrogen-bond donors (Lipinski definition) is 0. The van der Waals surface area contributed by atoms with Crippen LogP contribution in [0.2, 0.25) is 0 Å². The van der Waals surface area contributed by atoms with E-state index in [1.165, 1.54) is 0 Å². The van der Waals surface area contributed by atoms with E-state index in [2.05, 4.69) is 17.1 Å². The van der Waals surface area contributed by atoms with Crippen molar-refractivity contribution in [2.45, 2.75) is 5.54 Å². The van der Waals surface area contributed by atoms with E-state index in [9.17, 15) is 5.26 Å². The molecule has 0 fully saturated rings. The highest BCUT2D eigenvalue weighted by atomic mass is 15.1. The van der Waals surface area contributed by atoms with E-state index in [1.54, 1.807) is 12.5 Å². The largest absolute Gasteiger partial charge is 0.322 e. The Bertz CT molecular complexity index is 647. The predicted octanol–water partition coefficient (Wildman–Crippen LogP) is 2.89. The first-order valence-electron chi connectivity index (χ1n) is 6.17. The van der Waals surface area contributed by atoms with E-state index in [0.29, 0.717) is 0 Å². The lowest BCUT2D eigenvalue weighted by atomic mass is 9.76. The van der Waals surface area contributed by atoms with Crippen molar-refractivity contribution in [3.8, 4) is 6.07 Å². The minimum Gasteiger partial charge on any atom is -0.322 e. The summed E-state index contributed by atoms with van der Waals surface area (Å²) in [4.78, 5) is 4.13. The van der Waals surface area contributed by atoms with Crippen LogP contribution < -0.4 is 0 Å². The summed E-state index contributed by atoms with van der Waals surface area (Å²) in [5.41, 5.74) is 0.571. The van der Waals surface area contributed by atoms with Gasteiger partial charge in [0.25, 0.3) is 0 Å². The van der Waals surface area contributed by atoms with Crippen LogP contribution in [0.1, 0.15) is 5.56 Å². The molecule has 2 aromatic rings. The Kier molecular flexibility index (Phi) is 2.77. The molecule has 0 radical (unpaired) electrons. The van der Waals surface area contributed by atoms with Crippen LogP contribution in [0, 0.1) is 17.2 Å². The summed E-state index contributed by atoms with van der Waals surface area (Å²) in [5, 5.41) is 9.52. The number of allylic oxidation sites excluding steroid dienone is 4. The molecule has 0 saturated heterocycles. The van der Waals surface area contributed by atoms with Crippen molar-refractivity contribution in [3.63, 3.8) is 0 Å². The molecular formula is C16H13N3. The second-order valence-electron chi connectivity index (χ2n) is 4.51. The number of hydrogen-bond acceptors (Lipinski definition) is 2. The quantitative estimate of drug-likeness (QED) is 0.818. The molecule has 1 aromatic heterocycles. The zero-order chi connectivity index (χ0) is 13.1. The second kappa shape index (κ2) is 4.58. The van der Waals surface area contributed by atoms with Crippen molar-refractivity contribution in [3.05, 3.63) is 78.9 Å². The van der Waals surface area contributed by atoms with Gasteiger partial charge in [0.05, 0.1) is 18.3 Å². The Morgan fingerprint density at radius 3 is 2.74 bits per heavy atom. The normalized spacial score (nSPS) is 25.1. The van der Waals surface area contributed by atoms with E-state index in [4.69, 9.17) is 0 Å². The van der Waals surface area contributed by atoms with Crippen molar-refractivity contribution in [1.82, 2.24) is 9.55 Å². The van der Waals surface area contributed by atoms with Gasteiger partial charge < -0.3 is 4.57 Å². The second-order valence-corrected chi connectivity index (χ2v) is 4.51. The molecule has 3 rings (SSSR count). The van der Waals surface area contributed by atoms with Crippen LogP contribution in [0.4, 0.5) is 0 Å². The molecule has 3 heteroatoms. The van der Waals surface area contributed by atoms with Crippen LogP contribution in [0.15, 0.2) is 73.4 Å². The van der Waals surface area contributed by atoms with Gasteiger partial charge in [-0.2, -0.15) is 5.26 Å². The molecule has 1 aliphatic rings. The van der Waals surface area contributed by atoms with Gasteiger partial charge in [0.15, 0.2) is 0 Å². The minimum atomic E-state index is -0.513. The fraction of sp³-hybridized carbons (Fsp3) is 0.125. The van der Waals surface area contributed by atoms with Crippen LogP contribution in [-0.2, 0) is 5.54 Å². The number of rotatable bonds is 2. The highest BCUT2D eigenvalue weighted by Gasteiger charge is 2.39. The minimum absolute atomic E-state index is 0.255. The van der Waals surface area contributed by atoms with Crippen LogP contribution >= 0.6 is 0 Å². The van der Waals surface area contributed by atoms with Crippen LogP contribution in [-0.4, -0.2) is 9.55 Å².